The van der Waals surface area contributed by atoms with E-state index >= 15 is 0 Å². The number of nitrogens with zero attached hydrogens (tertiary/aromatic N) is 2. The number of aromatic amines is 1. The van der Waals surface area contributed by atoms with Crippen molar-refractivity contribution in [1.82, 2.24) is 15.1 Å². The number of carbonyl (C=O) groups excluding carboxylic acids is 1. The molecule has 0 radical (unpaired) electrons. The van der Waals surface area contributed by atoms with E-state index in [0.29, 0.717) is 18.8 Å². The molecule has 1 aliphatic heterocycles. The number of hydrogen-bond acceptors (Lipinski definition) is 4. The van der Waals surface area contributed by atoms with Crippen molar-refractivity contribution in [2.45, 2.75) is 19.2 Å². The standard InChI is InChI=1S/C29H23N3O3/c33-29-27-25(26(30-31-27)21-10-5-2-6-11-21)28(32(29)18-24-12-7-17-34-24)22-13-15-23(16-14-22)35-19-20-8-3-1-4-9-20/h1-17,28H,18-19H2,(H,30,31). The summed E-state index contributed by atoms with van der Waals surface area (Å²) < 4.78 is 11.5. The quantitative estimate of drug-likeness (QED) is 0.323. The van der Waals surface area contributed by atoms with Crippen molar-refractivity contribution >= 4 is 5.91 Å². The smallest absolute Gasteiger partial charge is 0.273 e. The molecule has 6 rings (SSSR count). The van der Waals surface area contributed by atoms with Gasteiger partial charge in [-0.25, -0.2) is 0 Å². The molecule has 2 aromatic heterocycles. The number of nitrogens with one attached hydrogen (secondary N) is 1. The van der Waals surface area contributed by atoms with E-state index in [1.54, 1.807) is 6.26 Å². The molecule has 0 aliphatic carbocycles. The van der Waals surface area contributed by atoms with Crippen LogP contribution in [-0.2, 0) is 13.2 Å². The predicted molar refractivity (Wildman–Crippen MR) is 132 cm³/mol. The second-order valence-corrected chi connectivity index (χ2v) is 8.49. The Balaban J connectivity index is 1.35. The van der Waals surface area contributed by atoms with E-state index in [9.17, 15) is 4.79 Å². The van der Waals surface area contributed by atoms with Crippen LogP contribution >= 0.6 is 0 Å². The number of furan rings is 1. The summed E-state index contributed by atoms with van der Waals surface area (Å²) in [5, 5.41) is 7.52. The van der Waals surface area contributed by atoms with Crippen LogP contribution in [0.5, 0.6) is 5.75 Å². The van der Waals surface area contributed by atoms with Crippen molar-refractivity contribution in [2.75, 3.05) is 0 Å². The number of rotatable bonds is 7. The van der Waals surface area contributed by atoms with Gasteiger partial charge in [-0.2, -0.15) is 5.10 Å². The Hall–Kier alpha value is -4.58. The van der Waals surface area contributed by atoms with Crippen LogP contribution in [0, 0.1) is 0 Å². The fraction of sp³-hybridized carbons (Fsp3) is 0.103. The number of aromatic nitrogens is 2. The summed E-state index contributed by atoms with van der Waals surface area (Å²) >= 11 is 0. The van der Waals surface area contributed by atoms with Crippen molar-refractivity contribution in [3.05, 3.63) is 131 Å². The van der Waals surface area contributed by atoms with Gasteiger partial charge in [0.15, 0.2) is 0 Å². The average Bonchev–Trinajstić information content (AvgIpc) is 3.64. The summed E-state index contributed by atoms with van der Waals surface area (Å²) in [7, 11) is 0. The first-order chi connectivity index (χ1) is 17.3. The Morgan fingerprint density at radius 3 is 2.34 bits per heavy atom. The van der Waals surface area contributed by atoms with Crippen molar-refractivity contribution in [3.8, 4) is 17.0 Å². The molecule has 1 aliphatic rings. The van der Waals surface area contributed by atoms with Crippen molar-refractivity contribution in [2.24, 2.45) is 0 Å². The average molecular weight is 462 g/mol. The highest BCUT2D eigenvalue weighted by Gasteiger charge is 2.42. The molecule has 1 unspecified atom stereocenters. The molecule has 3 aromatic carbocycles. The number of carbonyl (C=O) groups is 1. The third-order valence-corrected chi connectivity index (χ3v) is 6.26. The third kappa shape index (κ3) is 3.99. The molecule has 1 N–H and O–H groups in total. The number of amides is 1. The van der Waals surface area contributed by atoms with E-state index in [0.717, 1.165) is 39.5 Å². The molecule has 35 heavy (non-hydrogen) atoms. The Morgan fingerprint density at radius 2 is 1.63 bits per heavy atom. The second kappa shape index (κ2) is 8.99. The molecule has 172 valence electrons. The summed E-state index contributed by atoms with van der Waals surface area (Å²) in [5.41, 5.74) is 5.23. The molecule has 6 nitrogen and oxygen atoms in total. The lowest BCUT2D eigenvalue weighted by Crippen LogP contribution is -2.28. The minimum Gasteiger partial charge on any atom is -0.489 e. The molecule has 0 fully saturated rings. The van der Waals surface area contributed by atoms with Crippen LogP contribution < -0.4 is 4.74 Å². The van der Waals surface area contributed by atoms with Crippen LogP contribution in [0.2, 0.25) is 0 Å². The van der Waals surface area contributed by atoms with Gasteiger partial charge in [0, 0.05) is 11.1 Å². The van der Waals surface area contributed by atoms with E-state index in [1.165, 1.54) is 0 Å². The van der Waals surface area contributed by atoms with Gasteiger partial charge < -0.3 is 14.1 Å². The van der Waals surface area contributed by atoms with E-state index in [4.69, 9.17) is 9.15 Å². The first-order valence-electron chi connectivity index (χ1n) is 11.5. The van der Waals surface area contributed by atoms with Gasteiger partial charge in [-0.05, 0) is 35.4 Å². The van der Waals surface area contributed by atoms with E-state index in [-0.39, 0.29) is 11.9 Å². The van der Waals surface area contributed by atoms with Gasteiger partial charge in [0.05, 0.1) is 24.5 Å². The molecule has 0 saturated carbocycles. The highest BCUT2D eigenvalue weighted by atomic mass is 16.5. The van der Waals surface area contributed by atoms with Crippen molar-refractivity contribution in [3.63, 3.8) is 0 Å². The number of fused-ring (bicyclic) bond motifs is 1. The zero-order chi connectivity index (χ0) is 23.6. The Morgan fingerprint density at radius 1 is 0.886 bits per heavy atom. The molecule has 0 saturated heterocycles. The minimum atomic E-state index is -0.306. The molecular weight excluding hydrogens is 438 g/mol. The lowest BCUT2D eigenvalue weighted by atomic mass is 9.96. The predicted octanol–water partition coefficient (Wildman–Crippen LogP) is 5.99. The van der Waals surface area contributed by atoms with Gasteiger partial charge in [0.1, 0.15) is 23.8 Å². The lowest BCUT2D eigenvalue weighted by Gasteiger charge is -2.25. The van der Waals surface area contributed by atoms with Gasteiger partial charge in [-0.3, -0.25) is 9.89 Å². The van der Waals surface area contributed by atoms with Gasteiger partial charge in [-0.15, -0.1) is 0 Å². The fourth-order valence-corrected chi connectivity index (χ4v) is 4.58. The van der Waals surface area contributed by atoms with Crippen molar-refractivity contribution in [1.29, 1.82) is 0 Å². The Kier molecular flexibility index (Phi) is 5.39. The van der Waals surface area contributed by atoms with Crippen LogP contribution in [0.4, 0.5) is 0 Å². The van der Waals surface area contributed by atoms with Crippen molar-refractivity contribution < 1.29 is 13.9 Å². The van der Waals surface area contributed by atoms with E-state index in [2.05, 4.69) is 10.2 Å². The maximum atomic E-state index is 13.5. The topological polar surface area (TPSA) is 71.4 Å². The monoisotopic (exact) mass is 461 g/mol. The molecule has 1 atom stereocenters. The molecule has 0 bridgehead atoms. The number of ether oxygens (including phenoxy) is 1. The normalized spacial score (nSPS) is 14.8. The Bertz CT molecular complexity index is 1430. The highest BCUT2D eigenvalue weighted by molar-refractivity contribution is 6.00. The third-order valence-electron chi connectivity index (χ3n) is 6.26. The van der Waals surface area contributed by atoms with Gasteiger partial charge in [-0.1, -0.05) is 72.8 Å². The summed E-state index contributed by atoms with van der Waals surface area (Å²) in [6, 6.07) is 31.3. The van der Waals surface area contributed by atoms with E-state index in [1.807, 2.05) is 102 Å². The van der Waals surface area contributed by atoms with Gasteiger partial charge in [0.2, 0.25) is 0 Å². The summed E-state index contributed by atoms with van der Waals surface area (Å²) in [6.07, 6.45) is 1.62. The largest absolute Gasteiger partial charge is 0.489 e. The Labute approximate surface area is 202 Å². The molecule has 6 heteroatoms. The molecule has 3 heterocycles. The number of benzene rings is 3. The molecule has 0 spiro atoms. The zero-order valence-corrected chi connectivity index (χ0v) is 18.9. The van der Waals surface area contributed by atoms with Gasteiger partial charge >= 0.3 is 0 Å². The maximum Gasteiger partial charge on any atom is 0.273 e. The number of hydrogen-bond donors (Lipinski definition) is 1. The van der Waals surface area contributed by atoms with Gasteiger partial charge in [0.25, 0.3) is 5.91 Å². The van der Waals surface area contributed by atoms with Crippen LogP contribution in [0.1, 0.15) is 39.0 Å². The lowest BCUT2D eigenvalue weighted by molar-refractivity contribution is 0.0717. The SMILES string of the molecule is O=C1c2[nH]nc(-c3ccccc3)c2C(c2ccc(OCc3ccccc3)cc2)N1Cc1ccco1. The van der Waals surface area contributed by atoms with Crippen LogP contribution in [-0.4, -0.2) is 21.0 Å². The highest BCUT2D eigenvalue weighted by Crippen LogP contribution is 2.43. The van der Waals surface area contributed by atoms with Crippen LogP contribution in [0.25, 0.3) is 11.3 Å². The molecular formula is C29H23N3O3. The fourth-order valence-electron chi connectivity index (χ4n) is 4.58. The maximum absolute atomic E-state index is 13.5. The second-order valence-electron chi connectivity index (χ2n) is 8.49. The summed E-state index contributed by atoms with van der Waals surface area (Å²) in [5.74, 6) is 1.40. The number of H-pyrrole nitrogens is 1. The molecule has 1 amide bonds. The van der Waals surface area contributed by atoms with E-state index < -0.39 is 0 Å². The first kappa shape index (κ1) is 21.0. The van der Waals surface area contributed by atoms with Crippen LogP contribution in [0.15, 0.2) is 108 Å². The minimum absolute atomic E-state index is 0.0968. The summed E-state index contributed by atoms with van der Waals surface area (Å²) in [4.78, 5) is 15.3. The molecule has 5 aromatic rings. The first-order valence-corrected chi connectivity index (χ1v) is 11.5. The van der Waals surface area contributed by atoms with Crippen LogP contribution in [0.3, 0.4) is 0 Å². The summed E-state index contributed by atoms with van der Waals surface area (Å²) in [6.45, 7) is 0.857. The zero-order valence-electron chi connectivity index (χ0n) is 18.9.